The molecule has 1 aromatic heterocycles. The summed E-state index contributed by atoms with van der Waals surface area (Å²) in [4.78, 5) is 7.56. The summed E-state index contributed by atoms with van der Waals surface area (Å²) in [7, 11) is 0. The van der Waals surface area contributed by atoms with Gasteiger partial charge in [0.2, 0.25) is 5.95 Å². The van der Waals surface area contributed by atoms with E-state index in [4.69, 9.17) is 5.26 Å². The molecule has 0 aliphatic heterocycles. The van der Waals surface area contributed by atoms with Gasteiger partial charge in [0.1, 0.15) is 0 Å². The normalized spacial score (nSPS) is 9.44. The Hall–Kier alpha value is -2.61. The molecule has 0 fully saturated rings. The van der Waals surface area contributed by atoms with Gasteiger partial charge in [-0.05, 0) is 36.2 Å². The summed E-state index contributed by atoms with van der Waals surface area (Å²) in [5.74, 6) is -0.0941. The van der Waals surface area contributed by atoms with E-state index in [9.17, 15) is 5.11 Å². The van der Waals surface area contributed by atoms with Crippen LogP contribution < -0.4 is 10.4 Å². The Morgan fingerprint density at radius 2 is 1.94 bits per heavy atom. The molecule has 0 bridgehead atoms. The maximum atomic E-state index is 10.9. The first kappa shape index (κ1) is 9.93. The summed E-state index contributed by atoms with van der Waals surface area (Å²) in [5, 5.41) is 22.4. The number of rotatable bonds is 2. The van der Waals surface area contributed by atoms with Crippen LogP contribution in [0.4, 0.5) is 11.6 Å². The second kappa shape index (κ2) is 4.28. The number of aromatic nitrogens is 2. The van der Waals surface area contributed by atoms with Crippen LogP contribution in [0.25, 0.3) is 0 Å². The molecule has 1 aromatic carbocycles. The highest BCUT2D eigenvalue weighted by Gasteiger charge is 1.96. The number of nitriles is 1. The summed E-state index contributed by atoms with van der Waals surface area (Å²) < 4.78 is 0. The van der Waals surface area contributed by atoms with Gasteiger partial charge >= 0.3 is 0 Å². The van der Waals surface area contributed by atoms with Crippen LogP contribution in [-0.4, -0.2) is 9.97 Å². The van der Waals surface area contributed by atoms with Crippen LogP contribution in [0.5, 0.6) is 5.88 Å². The minimum absolute atomic E-state index is 0.247. The number of benzene rings is 1. The van der Waals surface area contributed by atoms with Crippen molar-refractivity contribution in [3.63, 3.8) is 0 Å². The number of hydrogen-bond acceptors (Lipinski definition) is 5. The predicted octanol–water partition coefficient (Wildman–Crippen LogP) is 1.17. The van der Waals surface area contributed by atoms with E-state index in [1.54, 1.807) is 24.3 Å². The minimum Gasteiger partial charge on any atom is -0.858 e. The van der Waals surface area contributed by atoms with Crippen LogP contribution >= 0.6 is 0 Å². The Morgan fingerprint density at radius 3 is 2.56 bits per heavy atom. The molecule has 0 unspecified atom stereocenters. The molecular weight excluding hydrogens is 204 g/mol. The fraction of sp³-hybridized carbons (Fsp3) is 0. The average Bonchev–Trinajstić information content (AvgIpc) is 2.30. The zero-order chi connectivity index (χ0) is 11.4. The molecule has 1 heterocycles. The fourth-order valence-corrected chi connectivity index (χ4v) is 1.16. The first-order valence-electron chi connectivity index (χ1n) is 4.55. The zero-order valence-corrected chi connectivity index (χ0v) is 8.21. The lowest BCUT2D eigenvalue weighted by Gasteiger charge is -2.07. The first-order chi connectivity index (χ1) is 7.78. The van der Waals surface area contributed by atoms with Gasteiger partial charge in [0.05, 0.1) is 11.6 Å². The van der Waals surface area contributed by atoms with Gasteiger partial charge in [0, 0.05) is 11.9 Å². The van der Waals surface area contributed by atoms with Crippen molar-refractivity contribution >= 4 is 11.6 Å². The molecule has 5 heteroatoms. The summed E-state index contributed by atoms with van der Waals surface area (Å²) >= 11 is 0. The van der Waals surface area contributed by atoms with E-state index in [1.807, 2.05) is 6.07 Å². The molecule has 2 rings (SSSR count). The van der Waals surface area contributed by atoms with E-state index in [-0.39, 0.29) is 11.8 Å². The molecule has 0 aliphatic rings. The van der Waals surface area contributed by atoms with Gasteiger partial charge < -0.3 is 10.4 Å². The summed E-state index contributed by atoms with van der Waals surface area (Å²) in [6.07, 6.45) is 1.39. The van der Waals surface area contributed by atoms with E-state index < -0.39 is 0 Å². The Labute approximate surface area is 92.0 Å². The van der Waals surface area contributed by atoms with Crippen molar-refractivity contribution in [3.8, 4) is 11.9 Å². The topological polar surface area (TPSA) is 84.7 Å². The van der Waals surface area contributed by atoms with Crippen LogP contribution in [0.3, 0.4) is 0 Å². The lowest BCUT2D eigenvalue weighted by molar-refractivity contribution is -0.274. The van der Waals surface area contributed by atoms with Crippen LogP contribution in [-0.2, 0) is 0 Å². The van der Waals surface area contributed by atoms with Crippen molar-refractivity contribution < 1.29 is 5.11 Å². The molecule has 0 spiro atoms. The second-order valence-corrected chi connectivity index (χ2v) is 3.03. The van der Waals surface area contributed by atoms with E-state index >= 15 is 0 Å². The molecule has 2 aromatic rings. The third kappa shape index (κ3) is 2.25. The van der Waals surface area contributed by atoms with Crippen LogP contribution in [0.15, 0.2) is 36.5 Å². The van der Waals surface area contributed by atoms with Gasteiger partial charge in [-0.2, -0.15) is 5.26 Å². The SMILES string of the molecule is N#Cc1ccc(Nc2nccc([O-])n2)cc1. The van der Waals surface area contributed by atoms with Gasteiger partial charge in [0.15, 0.2) is 0 Å². The van der Waals surface area contributed by atoms with Crippen molar-refractivity contribution in [1.82, 2.24) is 9.97 Å². The van der Waals surface area contributed by atoms with Crippen molar-refractivity contribution in [2.45, 2.75) is 0 Å². The highest BCUT2D eigenvalue weighted by molar-refractivity contribution is 5.54. The number of anilines is 2. The Balaban J connectivity index is 2.18. The highest BCUT2D eigenvalue weighted by atomic mass is 16.3. The molecule has 1 N–H and O–H groups in total. The third-order valence-electron chi connectivity index (χ3n) is 1.90. The van der Waals surface area contributed by atoms with E-state index in [1.165, 1.54) is 12.3 Å². The standard InChI is InChI=1S/C11H8N4O/c12-7-8-1-3-9(4-2-8)14-11-13-6-5-10(16)15-11/h1-6H,(H2,13,14,15,16)/p-1. The Morgan fingerprint density at radius 1 is 1.19 bits per heavy atom. The Kier molecular flexibility index (Phi) is 2.65. The highest BCUT2D eigenvalue weighted by Crippen LogP contribution is 2.14. The average molecular weight is 211 g/mol. The summed E-state index contributed by atoms with van der Waals surface area (Å²) in [6, 6.07) is 10.1. The molecule has 0 saturated carbocycles. The molecule has 0 atom stereocenters. The smallest absolute Gasteiger partial charge is 0.226 e. The van der Waals surface area contributed by atoms with Crippen LogP contribution in [0.1, 0.15) is 5.56 Å². The van der Waals surface area contributed by atoms with Gasteiger partial charge in [-0.3, -0.25) is 0 Å². The Bertz CT molecular complexity index is 530. The molecule has 0 saturated heterocycles. The lowest BCUT2D eigenvalue weighted by Crippen LogP contribution is -2.00. The van der Waals surface area contributed by atoms with Gasteiger partial charge in [0.25, 0.3) is 0 Å². The fourth-order valence-electron chi connectivity index (χ4n) is 1.16. The zero-order valence-electron chi connectivity index (χ0n) is 8.21. The molecular formula is C11H7N4O-. The third-order valence-corrected chi connectivity index (χ3v) is 1.90. The van der Waals surface area contributed by atoms with Gasteiger partial charge in [-0.25, -0.2) is 9.97 Å². The predicted molar refractivity (Wildman–Crippen MR) is 55.9 cm³/mol. The molecule has 0 amide bonds. The number of nitrogens with one attached hydrogen (secondary N) is 1. The minimum atomic E-state index is -0.342. The molecule has 16 heavy (non-hydrogen) atoms. The lowest BCUT2D eigenvalue weighted by atomic mass is 10.2. The first-order valence-corrected chi connectivity index (χ1v) is 4.55. The molecule has 5 nitrogen and oxygen atoms in total. The van der Waals surface area contributed by atoms with E-state index in [0.29, 0.717) is 5.56 Å². The monoisotopic (exact) mass is 211 g/mol. The molecule has 0 radical (unpaired) electrons. The van der Waals surface area contributed by atoms with Crippen molar-refractivity contribution in [1.29, 1.82) is 5.26 Å². The molecule has 0 aliphatic carbocycles. The van der Waals surface area contributed by atoms with Crippen molar-refractivity contribution in [2.75, 3.05) is 5.32 Å². The maximum absolute atomic E-state index is 10.9. The van der Waals surface area contributed by atoms with Crippen molar-refractivity contribution in [2.24, 2.45) is 0 Å². The largest absolute Gasteiger partial charge is 0.858 e. The quantitative estimate of drug-likeness (QED) is 0.805. The van der Waals surface area contributed by atoms with Crippen molar-refractivity contribution in [3.05, 3.63) is 42.1 Å². The second-order valence-electron chi connectivity index (χ2n) is 3.03. The summed E-state index contributed by atoms with van der Waals surface area (Å²) in [5.41, 5.74) is 1.30. The van der Waals surface area contributed by atoms with Crippen LogP contribution in [0.2, 0.25) is 0 Å². The number of hydrogen-bond donors (Lipinski definition) is 1. The van der Waals surface area contributed by atoms with Crippen LogP contribution in [0, 0.1) is 11.3 Å². The van der Waals surface area contributed by atoms with E-state index in [0.717, 1.165) is 5.69 Å². The maximum Gasteiger partial charge on any atom is 0.226 e. The van der Waals surface area contributed by atoms with E-state index in [2.05, 4.69) is 15.3 Å². The van der Waals surface area contributed by atoms with Gasteiger partial charge in [-0.15, -0.1) is 0 Å². The number of nitrogens with zero attached hydrogens (tertiary/aromatic N) is 3. The van der Waals surface area contributed by atoms with Gasteiger partial charge in [-0.1, -0.05) is 0 Å². The summed E-state index contributed by atoms with van der Waals surface area (Å²) in [6.45, 7) is 0. The molecule has 78 valence electrons.